The fourth-order valence-corrected chi connectivity index (χ4v) is 4.88. The number of carbonyl (C=O) groups excluding carboxylic acids is 1. The van der Waals surface area contributed by atoms with Crippen LogP contribution in [0.2, 0.25) is 0 Å². The summed E-state index contributed by atoms with van der Waals surface area (Å²) in [5, 5.41) is 9.77. The highest BCUT2D eigenvalue weighted by atomic mass is 32.2. The summed E-state index contributed by atoms with van der Waals surface area (Å²) in [4.78, 5) is 17.0. The molecular weight excluding hydrogens is 370 g/mol. The van der Waals surface area contributed by atoms with Crippen molar-refractivity contribution in [3.05, 3.63) is 36.2 Å². The van der Waals surface area contributed by atoms with E-state index in [4.69, 9.17) is 0 Å². The van der Waals surface area contributed by atoms with Gasteiger partial charge in [0.1, 0.15) is 0 Å². The van der Waals surface area contributed by atoms with E-state index in [1.807, 2.05) is 23.1 Å². The summed E-state index contributed by atoms with van der Waals surface area (Å²) >= 11 is 1.51. The Morgan fingerprint density at radius 2 is 1.57 bits per heavy atom. The summed E-state index contributed by atoms with van der Waals surface area (Å²) in [6.07, 6.45) is 7.31. The number of nitrogens with zero attached hydrogens (tertiary/aromatic N) is 5. The van der Waals surface area contributed by atoms with Gasteiger partial charge in [0.05, 0.1) is 12.3 Å². The third-order valence-electron chi connectivity index (χ3n) is 5.56. The van der Waals surface area contributed by atoms with Crippen LogP contribution in [0.15, 0.2) is 35.5 Å². The Labute approximate surface area is 171 Å². The number of amides is 1. The number of likely N-dealkylation sites (tertiary alicyclic amines) is 2. The summed E-state index contributed by atoms with van der Waals surface area (Å²) in [5.74, 6) is 1.60. The van der Waals surface area contributed by atoms with Crippen molar-refractivity contribution < 1.29 is 4.79 Å². The van der Waals surface area contributed by atoms with Crippen LogP contribution in [-0.4, -0.2) is 62.4 Å². The molecule has 1 aromatic heterocycles. The minimum Gasteiger partial charge on any atom is -0.342 e. The second-order valence-corrected chi connectivity index (χ2v) is 8.58. The quantitative estimate of drug-likeness (QED) is 0.697. The lowest BCUT2D eigenvalue weighted by atomic mass is 10.1. The predicted octanol–water partition coefficient (Wildman–Crippen LogP) is 3.36. The number of benzene rings is 1. The molecular formula is C21H29N5OS. The Kier molecular flexibility index (Phi) is 6.65. The van der Waals surface area contributed by atoms with Crippen LogP contribution in [0.1, 0.15) is 44.3 Å². The van der Waals surface area contributed by atoms with Gasteiger partial charge in [0, 0.05) is 18.8 Å². The molecule has 0 atom stereocenters. The van der Waals surface area contributed by atoms with Crippen LogP contribution in [0.25, 0.3) is 5.69 Å². The molecule has 0 N–H and O–H groups in total. The molecule has 2 aliphatic heterocycles. The van der Waals surface area contributed by atoms with Crippen LogP contribution in [0.4, 0.5) is 0 Å². The fourth-order valence-electron chi connectivity index (χ4n) is 4.01. The topological polar surface area (TPSA) is 54.3 Å². The minimum atomic E-state index is 0.213. The summed E-state index contributed by atoms with van der Waals surface area (Å²) in [6, 6.07) is 10.3. The van der Waals surface area contributed by atoms with E-state index in [2.05, 4.69) is 31.8 Å². The highest BCUT2D eigenvalue weighted by Crippen LogP contribution is 2.24. The third-order valence-corrected chi connectivity index (χ3v) is 6.48. The van der Waals surface area contributed by atoms with Gasteiger partial charge in [-0.1, -0.05) is 36.4 Å². The predicted molar refractivity (Wildman–Crippen MR) is 112 cm³/mol. The monoisotopic (exact) mass is 399 g/mol. The molecule has 4 rings (SSSR count). The van der Waals surface area contributed by atoms with Gasteiger partial charge in [-0.25, -0.2) is 0 Å². The number of thioether (sulfide) groups is 1. The summed E-state index contributed by atoms with van der Waals surface area (Å²) in [5.41, 5.74) is 1.06. The zero-order chi connectivity index (χ0) is 19.2. The standard InChI is InChI=1S/C21H29N5OS/c27-20(25-14-8-3-9-15-25)17-28-21-23-22-19(16-24-12-6-2-7-13-24)26(21)18-10-4-1-5-11-18/h1,4-5,10-11H,2-3,6-9,12-17H2. The average Bonchev–Trinajstić information content (AvgIpc) is 3.16. The molecule has 0 bridgehead atoms. The normalized spacial score (nSPS) is 18.4. The molecule has 28 heavy (non-hydrogen) atoms. The zero-order valence-electron chi connectivity index (χ0n) is 16.4. The van der Waals surface area contributed by atoms with Gasteiger partial charge in [0.2, 0.25) is 5.91 Å². The largest absolute Gasteiger partial charge is 0.342 e. The Morgan fingerprint density at radius 3 is 2.29 bits per heavy atom. The van der Waals surface area contributed by atoms with Gasteiger partial charge in [0.15, 0.2) is 11.0 Å². The average molecular weight is 400 g/mol. The van der Waals surface area contributed by atoms with Crippen molar-refractivity contribution in [3.63, 3.8) is 0 Å². The van der Waals surface area contributed by atoms with Crippen LogP contribution in [0.3, 0.4) is 0 Å². The lowest BCUT2D eigenvalue weighted by molar-refractivity contribution is -0.129. The fraction of sp³-hybridized carbons (Fsp3) is 0.571. The van der Waals surface area contributed by atoms with Gasteiger partial charge >= 0.3 is 0 Å². The Balaban J connectivity index is 1.50. The van der Waals surface area contributed by atoms with E-state index in [1.165, 1.54) is 37.4 Å². The van der Waals surface area contributed by atoms with Crippen LogP contribution >= 0.6 is 11.8 Å². The number of hydrogen-bond acceptors (Lipinski definition) is 5. The van der Waals surface area contributed by atoms with Gasteiger partial charge in [-0.15, -0.1) is 10.2 Å². The number of hydrogen-bond donors (Lipinski definition) is 0. The molecule has 3 heterocycles. The van der Waals surface area contributed by atoms with Crippen molar-refractivity contribution in [2.45, 2.75) is 50.2 Å². The molecule has 0 aliphatic carbocycles. The highest BCUT2D eigenvalue weighted by molar-refractivity contribution is 7.99. The van der Waals surface area contributed by atoms with Crippen molar-refractivity contribution in [1.29, 1.82) is 0 Å². The molecule has 2 fully saturated rings. The minimum absolute atomic E-state index is 0.213. The van der Waals surface area contributed by atoms with E-state index in [0.717, 1.165) is 62.2 Å². The molecule has 150 valence electrons. The van der Waals surface area contributed by atoms with Gasteiger partial charge in [-0.05, 0) is 57.3 Å². The zero-order valence-corrected chi connectivity index (χ0v) is 17.2. The molecule has 2 aromatic rings. The number of piperidine rings is 2. The van der Waals surface area contributed by atoms with E-state index < -0.39 is 0 Å². The second kappa shape index (κ2) is 9.56. The van der Waals surface area contributed by atoms with E-state index in [-0.39, 0.29) is 5.91 Å². The molecule has 0 unspecified atom stereocenters. The van der Waals surface area contributed by atoms with E-state index in [9.17, 15) is 4.79 Å². The van der Waals surface area contributed by atoms with Gasteiger partial charge in [-0.3, -0.25) is 14.3 Å². The summed E-state index contributed by atoms with van der Waals surface area (Å²) in [7, 11) is 0. The molecule has 6 nitrogen and oxygen atoms in total. The van der Waals surface area contributed by atoms with Crippen molar-refractivity contribution in [1.82, 2.24) is 24.6 Å². The number of para-hydroxylation sites is 1. The lowest BCUT2D eigenvalue weighted by Crippen LogP contribution is -2.36. The molecule has 0 saturated carbocycles. The van der Waals surface area contributed by atoms with Gasteiger partial charge in [0.25, 0.3) is 0 Å². The lowest BCUT2D eigenvalue weighted by Gasteiger charge is -2.26. The van der Waals surface area contributed by atoms with Crippen LogP contribution in [0, 0.1) is 0 Å². The maximum absolute atomic E-state index is 12.6. The van der Waals surface area contributed by atoms with Crippen molar-refractivity contribution in [2.24, 2.45) is 0 Å². The molecule has 0 spiro atoms. The van der Waals surface area contributed by atoms with Crippen molar-refractivity contribution in [2.75, 3.05) is 31.9 Å². The molecule has 2 aliphatic rings. The summed E-state index contributed by atoms with van der Waals surface area (Å²) in [6.45, 7) is 4.84. The maximum atomic E-state index is 12.6. The highest BCUT2D eigenvalue weighted by Gasteiger charge is 2.21. The SMILES string of the molecule is O=C(CSc1nnc(CN2CCCCC2)n1-c1ccccc1)N1CCCCC1. The molecule has 0 radical (unpaired) electrons. The first-order chi connectivity index (χ1) is 13.8. The van der Waals surface area contributed by atoms with E-state index in [0.29, 0.717) is 5.75 Å². The molecule has 7 heteroatoms. The molecule has 1 amide bonds. The number of aromatic nitrogens is 3. The van der Waals surface area contributed by atoms with Crippen LogP contribution < -0.4 is 0 Å². The van der Waals surface area contributed by atoms with Gasteiger partial charge < -0.3 is 4.90 Å². The maximum Gasteiger partial charge on any atom is 0.233 e. The summed E-state index contributed by atoms with van der Waals surface area (Å²) < 4.78 is 2.13. The van der Waals surface area contributed by atoms with Gasteiger partial charge in [-0.2, -0.15) is 0 Å². The Morgan fingerprint density at radius 1 is 0.893 bits per heavy atom. The van der Waals surface area contributed by atoms with Crippen molar-refractivity contribution in [3.8, 4) is 5.69 Å². The number of rotatable bonds is 6. The smallest absolute Gasteiger partial charge is 0.233 e. The second-order valence-electron chi connectivity index (χ2n) is 7.64. The first-order valence-electron chi connectivity index (χ1n) is 10.4. The Bertz CT molecular complexity index is 766. The van der Waals surface area contributed by atoms with Crippen LogP contribution in [0.5, 0.6) is 0 Å². The number of carbonyl (C=O) groups is 1. The first-order valence-corrected chi connectivity index (χ1v) is 11.4. The Hall–Kier alpha value is -1.86. The first kappa shape index (κ1) is 19.5. The molecule has 2 saturated heterocycles. The van der Waals surface area contributed by atoms with Crippen molar-refractivity contribution >= 4 is 17.7 Å². The molecule has 1 aromatic carbocycles. The van der Waals surface area contributed by atoms with Crippen LogP contribution in [-0.2, 0) is 11.3 Å². The van der Waals surface area contributed by atoms with E-state index in [1.54, 1.807) is 0 Å². The third kappa shape index (κ3) is 4.75. The van der Waals surface area contributed by atoms with E-state index >= 15 is 0 Å².